The summed E-state index contributed by atoms with van der Waals surface area (Å²) in [6.45, 7) is 6.79. The molecule has 0 radical (unpaired) electrons. The monoisotopic (exact) mass is 372 g/mol. The van der Waals surface area contributed by atoms with Crippen LogP contribution in [0.4, 0.5) is 5.69 Å². The molecular weight excluding hydrogens is 344 g/mol. The van der Waals surface area contributed by atoms with Crippen LogP contribution in [0, 0.1) is 0 Å². The second-order valence-electron chi connectivity index (χ2n) is 6.99. The summed E-state index contributed by atoms with van der Waals surface area (Å²) in [6.07, 6.45) is 2.69. The SMILES string of the molecule is CCOC(=O)C1=NN(c2ccccc2)C(C(=O)NCCN2CCCC2C)C1. The van der Waals surface area contributed by atoms with E-state index in [-0.39, 0.29) is 24.6 Å². The Bertz CT molecular complexity index is 692. The van der Waals surface area contributed by atoms with E-state index in [9.17, 15) is 9.59 Å². The molecule has 0 aromatic heterocycles. The van der Waals surface area contributed by atoms with Crippen molar-refractivity contribution in [2.45, 2.75) is 45.2 Å². The van der Waals surface area contributed by atoms with E-state index in [0.717, 1.165) is 18.8 Å². The largest absolute Gasteiger partial charge is 0.461 e. The molecular formula is C20H28N4O3. The summed E-state index contributed by atoms with van der Waals surface area (Å²) < 4.78 is 5.06. The number of hydrogen-bond acceptors (Lipinski definition) is 6. The zero-order valence-corrected chi connectivity index (χ0v) is 16.1. The Kier molecular flexibility index (Phi) is 6.45. The Morgan fingerprint density at radius 2 is 2.07 bits per heavy atom. The van der Waals surface area contributed by atoms with Gasteiger partial charge in [0.15, 0.2) is 0 Å². The lowest BCUT2D eigenvalue weighted by Gasteiger charge is -2.24. The zero-order chi connectivity index (χ0) is 19.2. The number of rotatable bonds is 7. The normalized spacial score (nSPS) is 22.6. The second kappa shape index (κ2) is 8.99. The fraction of sp³-hybridized carbons (Fsp3) is 0.550. The Morgan fingerprint density at radius 3 is 2.74 bits per heavy atom. The first-order valence-corrected chi connectivity index (χ1v) is 9.70. The summed E-state index contributed by atoms with van der Waals surface area (Å²) in [7, 11) is 0. The standard InChI is InChI=1S/C20H28N4O3/c1-3-27-20(26)17-14-18(24(22-17)16-9-5-4-6-10-16)19(25)21-11-13-23-12-7-8-15(23)2/h4-6,9-10,15,18H,3,7-8,11-14H2,1-2H3,(H,21,25). The third-order valence-corrected chi connectivity index (χ3v) is 5.13. The molecule has 1 N–H and O–H groups in total. The van der Waals surface area contributed by atoms with Crippen LogP contribution in [0.3, 0.4) is 0 Å². The van der Waals surface area contributed by atoms with Crippen LogP contribution in [0.15, 0.2) is 35.4 Å². The summed E-state index contributed by atoms with van der Waals surface area (Å²) in [6, 6.07) is 9.47. The number of esters is 1. The molecule has 1 amide bonds. The first-order valence-electron chi connectivity index (χ1n) is 9.70. The minimum absolute atomic E-state index is 0.117. The van der Waals surface area contributed by atoms with Gasteiger partial charge in [-0.2, -0.15) is 5.10 Å². The maximum Gasteiger partial charge on any atom is 0.354 e. The van der Waals surface area contributed by atoms with E-state index in [1.54, 1.807) is 11.9 Å². The molecule has 1 aromatic rings. The van der Waals surface area contributed by atoms with Gasteiger partial charge in [0.25, 0.3) is 0 Å². The van der Waals surface area contributed by atoms with E-state index < -0.39 is 12.0 Å². The molecule has 7 nitrogen and oxygen atoms in total. The number of ether oxygens (including phenoxy) is 1. The lowest BCUT2D eigenvalue weighted by atomic mass is 10.1. The fourth-order valence-corrected chi connectivity index (χ4v) is 3.64. The number of amides is 1. The number of anilines is 1. The molecule has 1 fully saturated rings. The van der Waals surface area contributed by atoms with Crippen molar-refractivity contribution in [2.24, 2.45) is 5.10 Å². The third kappa shape index (κ3) is 4.66. The van der Waals surface area contributed by atoms with Gasteiger partial charge < -0.3 is 10.1 Å². The number of benzene rings is 1. The van der Waals surface area contributed by atoms with Crippen LogP contribution in [0.5, 0.6) is 0 Å². The third-order valence-electron chi connectivity index (χ3n) is 5.13. The van der Waals surface area contributed by atoms with Gasteiger partial charge in [0.1, 0.15) is 11.8 Å². The maximum absolute atomic E-state index is 12.8. The van der Waals surface area contributed by atoms with E-state index in [0.29, 0.717) is 12.6 Å². The van der Waals surface area contributed by atoms with Crippen molar-refractivity contribution in [2.75, 3.05) is 31.3 Å². The smallest absolute Gasteiger partial charge is 0.354 e. The van der Waals surface area contributed by atoms with Gasteiger partial charge in [-0.3, -0.25) is 14.7 Å². The Balaban J connectivity index is 1.64. The van der Waals surface area contributed by atoms with Crippen LogP contribution < -0.4 is 10.3 Å². The van der Waals surface area contributed by atoms with Crippen LogP contribution in [-0.4, -0.2) is 60.8 Å². The van der Waals surface area contributed by atoms with Crippen LogP contribution in [-0.2, 0) is 14.3 Å². The van der Waals surface area contributed by atoms with Gasteiger partial charge in [-0.05, 0) is 45.4 Å². The van der Waals surface area contributed by atoms with Crippen molar-refractivity contribution in [3.05, 3.63) is 30.3 Å². The highest BCUT2D eigenvalue weighted by Crippen LogP contribution is 2.25. The minimum atomic E-state index is -0.539. The molecule has 2 unspecified atom stereocenters. The lowest BCUT2D eigenvalue weighted by Crippen LogP contribution is -2.45. The summed E-state index contributed by atoms with van der Waals surface area (Å²) >= 11 is 0. The van der Waals surface area contributed by atoms with Gasteiger partial charge in [-0.1, -0.05) is 18.2 Å². The fourth-order valence-electron chi connectivity index (χ4n) is 3.64. The summed E-state index contributed by atoms with van der Waals surface area (Å²) in [5.74, 6) is -0.576. The molecule has 0 bridgehead atoms. The molecule has 27 heavy (non-hydrogen) atoms. The van der Waals surface area contributed by atoms with Crippen molar-refractivity contribution in [1.29, 1.82) is 0 Å². The zero-order valence-electron chi connectivity index (χ0n) is 16.1. The molecule has 2 heterocycles. The molecule has 2 aliphatic heterocycles. The summed E-state index contributed by atoms with van der Waals surface area (Å²) in [4.78, 5) is 27.3. The van der Waals surface area contributed by atoms with Crippen LogP contribution in [0.25, 0.3) is 0 Å². The molecule has 2 aliphatic rings. The maximum atomic E-state index is 12.8. The number of hydrogen-bond donors (Lipinski definition) is 1. The molecule has 0 aliphatic carbocycles. The second-order valence-corrected chi connectivity index (χ2v) is 6.99. The van der Waals surface area contributed by atoms with Crippen molar-refractivity contribution >= 4 is 23.3 Å². The van der Waals surface area contributed by atoms with Crippen LogP contribution >= 0.6 is 0 Å². The summed E-state index contributed by atoms with van der Waals surface area (Å²) in [5.41, 5.74) is 1.07. The highest BCUT2D eigenvalue weighted by molar-refractivity contribution is 6.38. The van der Waals surface area contributed by atoms with Crippen LogP contribution in [0.2, 0.25) is 0 Å². The molecule has 1 saturated heterocycles. The predicted octanol–water partition coefficient (Wildman–Crippen LogP) is 1.78. The number of likely N-dealkylation sites (tertiary alicyclic amines) is 1. The van der Waals surface area contributed by atoms with Crippen LogP contribution in [0.1, 0.15) is 33.1 Å². The number of carbonyl (C=O) groups excluding carboxylic acids is 2. The molecule has 3 rings (SSSR count). The van der Waals surface area contributed by atoms with Gasteiger partial charge in [-0.25, -0.2) is 4.79 Å². The predicted molar refractivity (Wildman–Crippen MR) is 105 cm³/mol. The van der Waals surface area contributed by atoms with Gasteiger partial charge in [0, 0.05) is 25.6 Å². The van der Waals surface area contributed by atoms with E-state index in [2.05, 4.69) is 22.2 Å². The lowest BCUT2D eigenvalue weighted by molar-refractivity contribution is -0.135. The average molecular weight is 372 g/mol. The van der Waals surface area contributed by atoms with Crippen molar-refractivity contribution < 1.29 is 14.3 Å². The van der Waals surface area contributed by atoms with Gasteiger partial charge in [0.05, 0.1) is 12.3 Å². The molecule has 146 valence electrons. The van der Waals surface area contributed by atoms with E-state index in [1.165, 1.54) is 12.8 Å². The molecule has 0 spiro atoms. The number of para-hydroxylation sites is 1. The first kappa shape index (κ1) is 19.4. The minimum Gasteiger partial charge on any atom is -0.461 e. The summed E-state index contributed by atoms with van der Waals surface area (Å²) in [5, 5.41) is 9.02. The van der Waals surface area contributed by atoms with Gasteiger partial charge in [0.2, 0.25) is 5.91 Å². The average Bonchev–Trinajstić information content (AvgIpc) is 3.29. The molecule has 2 atom stereocenters. The topological polar surface area (TPSA) is 74.2 Å². The molecule has 0 saturated carbocycles. The highest BCUT2D eigenvalue weighted by atomic mass is 16.5. The van der Waals surface area contributed by atoms with Crippen molar-refractivity contribution in [3.63, 3.8) is 0 Å². The van der Waals surface area contributed by atoms with E-state index >= 15 is 0 Å². The molecule has 1 aromatic carbocycles. The van der Waals surface area contributed by atoms with Crippen molar-refractivity contribution in [3.8, 4) is 0 Å². The van der Waals surface area contributed by atoms with Gasteiger partial charge in [-0.15, -0.1) is 0 Å². The van der Waals surface area contributed by atoms with E-state index in [1.807, 2.05) is 30.3 Å². The first-order chi connectivity index (χ1) is 13.1. The van der Waals surface area contributed by atoms with Crippen molar-refractivity contribution in [1.82, 2.24) is 10.2 Å². The Hall–Kier alpha value is -2.41. The number of nitrogens with one attached hydrogen (secondary N) is 1. The Morgan fingerprint density at radius 1 is 1.30 bits per heavy atom. The van der Waals surface area contributed by atoms with Gasteiger partial charge >= 0.3 is 5.97 Å². The quantitative estimate of drug-likeness (QED) is 0.739. The molecule has 7 heteroatoms. The highest BCUT2D eigenvalue weighted by Gasteiger charge is 2.36. The van der Waals surface area contributed by atoms with E-state index in [4.69, 9.17) is 4.74 Å². The number of nitrogens with zero attached hydrogens (tertiary/aromatic N) is 3. The Labute approximate surface area is 160 Å². The number of carbonyl (C=O) groups is 2. The number of hydrazone groups is 1.